The van der Waals surface area contributed by atoms with Crippen LogP contribution >= 0.6 is 0 Å². The van der Waals surface area contributed by atoms with Gasteiger partial charge in [0.25, 0.3) is 0 Å². The Morgan fingerprint density at radius 2 is 2.00 bits per heavy atom. The summed E-state index contributed by atoms with van der Waals surface area (Å²) in [7, 11) is 1.78. The van der Waals surface area contributed by atoms with Crippen molar-refractivity contribution in [3.8, 4) is 0 Å². The number of hydrogen-bond donors (Lipinski definition) is 1. The van der Waals surface area contributed by atoms with Crippen molar-refractivity contribution >= 4 is 5.91 Å². The number of likely N-dealkylation sites (tertiary alicyclic amines) is 2. The molecule has 5 nitrogen and oxygen atoms in total. The molecule has 2 heterocycles. The topological polar surface area (TPSA) is 58.8 Å². The molecule has 2 aliphatic rings. The van der Waals surface area contributed by atoms with Gasteiger partial charge in [-0.15, -0.1) is 0 Å². The highest BCUT2D eigenvalue weighted by atomic mass is 16.5. The van der Waals surface area contributed by atoms with Crippen LogP contribution in [0.15, 0.2) is 0 Å². The van der Waals surface area contributed by atoms with Gasteiger partial charge in [-0.25, -0.2) is 0 Å². The number of carbonyl (C=O) groups is 1. The van der Waals surface area contributed by atoms with Gasteiger partial charge in [-0.3, -0.25) is 9.69 Å². The SMILES string of the molecule is COC1CN(C(CN)CC(=O)N2CCCCC2)CCC1C. The van der Waals surface area contributed by atoms with E-state index in [1.807, 2.05) is 4.90 Å². The second kappa shape index (κ2) is 8.11. The number of nitrogens with zero attached hydrogens (tertiary/aromatic N) is 2. The van der Waals surface area contributed by atoms with Crippen LogP contribution < -0.4 is 5.73 Å². The molecule has 5 heteroatoms. The molecule has 0 aliphatic carbocycles. The van der Waals surface area contributed by atoms with Gasteiger partial charge in [-0.2, -0.15) is 0 Å². The van der Waals surface area contributed by atoms with Crippen molar-refractivity contribution in [3.63, 3.8) is 0 Å². The maximum Gasteiger partial charge on any atom is 0.224 e. The molecule has 3 unspecified atom stereocenters. The molecular formula is C16H31N3O2. The number of methoxy groups -OCH3 is 1. The Bertz CT molecular complexity index is 331. The highest BCUT2D eigenvalue weighted by Gasteiger charge is 2.31. The standard InChI is InChI=1S/C16H31N3O2/c1-13-6-9-19(12-15(13)21-2)14(11-17)10-16(20)18-7-4-3-5-8-18/h13-15H,3-12,17H2,1-2H3. The first-order chi connectivity index (χ1) is 10.2. The minimum atomic E-state index is 0.157. The molecule has 1 amide bonds. The van der Waals surface area contributed by atoms with Gasteiger partial charge in [0.2, 0.25) is 5.91 Å². The zero-order chi connectivity index (χ0) is 15.2. The molecule has 21 heavy (non-hydrogen) atoms. The van der Waals surface area contributed by atoms with E-state index in [-0.39, 0.29) is 18.1 Å². The predicted molar refractivity (Wildman–Crippen MR) is 84.0 cm³/mol. The van der Waals surface area contributed by atoms with Crippen LogP contribution in [0.1, 0.15) is 39.0 Å². The van der Waals surface area contributed by atoms with Crippen molar-refractivity contribution in [2.45, 2.75) is 51.2 Å². The monoisotopic (exact) mass is 297 g/mol. The molecule has 2 N–H and O–H groups in total. The predicted octanol–water partition coefficient (Wildman–Crippen LogP) is 1.07. The lowest BCUT2D eigenvalue weighted by Crippen LogP contribution is -2.52. The van der Waals surface area contributed by atoms with Gasteiger partial charge in [0.15, 0.2) is 0 Å². The number of nitrogens with two attached hydrogens (primary N) is 1. The van der Waals surface area contributed by atoms with Gasteiger partial charge >= 0.3 is 0 Å². The first-order valence-corrected chi connectivity index (χ1v) is 8.40. The molecule has 0 spiro atoms. The van der Waals surface area contributed by atoms with Crippen LogP contribution in [0.4, 0.5) is 0 Å². The summed E-state index contributed by atoms with van der Waals surface area (Å²) in [6.45, 7) is 6.55. The van der Waals surface area contributed by atoms with Crippen molar-refractivity contribution in [2.75, 3.05) is 39.8 Å². The second-order valence-corrected chi connectivity index (χ2v) is 6.57. The lowest BCUT2D eigenvalue weighted by molar-refractivity contribution is -0.133. The lowest BCUT2D eigenvalue weighted by Gasteiger charge is -2.40. The Hall–Kier alpha value is -0.650. The highest BCUT2D eigenvalue weighted by molar-refractivity contribution is 5.77. The van der Waals surface area contributed by atoms with Crippen LogP contribution in [0.5, 0.6) is 0 Å². The molecule has 0 saturated carbocycles. The highest BCUT2D eigenvalue weighted by Crippen LogP contribution is 2.22. The fourth-order valence-corrected chi connectivity index (χ4v) is 3.53. The number of carbonyl (C=O) groups excluding carboxylic acids is 1. The van der Waals surface area contributed by atoms with Crippen LogP contribution in [0.2, 0.25) is 0 Å². The van der Waals surface area contributed by atoms with E-state index in [2.05, 4.69) is 11.8 Å². The maximum absolute atomic E-state index is 12.4. The summed E-state index contributed by atoms with van der Waals surface area (Å²) in [4.78, 5) is 16.8. The van der Waals surface area contributed by atoms with Crippen LogP contribution in [-0.2, 0) is 9.53 Å². The van der Waals surface area contributed by atoms with Crippen LogP contribution in [0, 0.1) is 5.92 Å². The van der Waals surface area contributed by atoms with E-state index >= 15 is 0 Å². The summed E-state index contributed by atoms with van der Waals surface area (Å²) in [5, 5.41) is 0. The Labute approximate surface area is 128 Å². The fourth-order valence-electron chi connectivity index (χ4n) is 3.53. The van der Waals surface area contributed by atoms with Gasteiger partial charge in [-0.1, -0.05) is 6.92 Å². The van der Waals surface area contributed by atoms with Crippen LogP contribution in [0.25, 0.3) is 0 Å². The van der Waals surface area contributed by atoms with Gasteiger partial charge < -0.3 is 15.4 Å². The van der Waals surface area contributed by atoms with Gasteiger partial charge in [0.05, 0.1) is 6.10 Å². The molecule has 0 aromatic rings. The van der Waals surface area contributed by atoms with Gasteiger partial charge in [-0.05, 0) is 38.1 Å². The average molecular weight is 297 g/mol. The van der Waals surface area contributed by atoms with Crippen molar-refractivity contribution in [3.05, 3.63) is 0 Å². The van der Waals surface area contributed by atoms with E-state index in [9.17, 15) is 4.79 Å². The van der Waals surface area contributed by atoms with E-state index in [0.29, 0.717) is 18.9 Å². The Morgan fingerprint density at radius 1 is 1.29 bits per heavy atom. The Morgan fingerprint density at radius 3 is 2.62 bits per heavy atom. The molecule has 3 atom stereocenters. The van der Waals surface area contributed by atoms with Gasteiger partial charge in [0, 0.05) is 45.8 Å². The number of ether oxygens (including phenoxy) is 1. The summed E-state index contributed by atoms with van der Waals surface area (Å²) in [6, 6.07) is 0.157. The van der Waals surface area contributed by atoms with E-state index in [1.165, 1.54) is 6.42 Å². The molecule has 2 fully saturated rings. The van der Waals surface area contributed by atoms with Crippen molar-refractivity contribution in [1.29, 1.82) is 0 Å². The van der Waals surface area contributed by atoms with E-state index in [0.717, 1.165) is 45.4 Å². The number of hydrogen-bond acceptors (Lipinski definition) is 4. The zero-order valence-corrected chi connectivity index (χ0v) is 13.6. The molecule has 2 saturated heterocycles. The summed E-state index contributed by atoms with van der Waals surface area (Å²) in [5.41, 5.74) is 5.95. The summed E-state index contributed by atoms with van der Waals surface area (Å²) in [6.07, 6.45) is 5.48. The number of amides is 1. The third-order valence-corrected chi connectivity index (χ3v) is 5.13. The minimum Gasteiger partial charge on any atom is -0.380 e. The smallest absolute Gasteiger partial charge is 0.224 e. The molecule has 0 radical (unpaired) electrons. The maximum atomic E-state index is 12.4. The zero-order valence-electron chi connectivity index (χ0n) is 13.6. The number of piperidine rings is 2. The first-order valence-electron chi connectivity index (χ1n) is 8.40. The third kappa shape index (κ3) is 4.41. The second-order valence-electron chi connectivity index (χ2n) is 6.57. The normalized spacial score (nSPS) is 29.4. The molecule has 0 aromatic carbocycles. The van der Waals surface area contributed by atoms with Crippen LogP contribution in [-0.4, -0.2) is 67.7 Å². The molecule has 2 rings (SSSR count). The molecule has 0 bridgehead atoms. The first kappa shape index (κ1) is 16.7. The quantitative estimate of drug-likeness (QED) is 0.825. The van der Waals surface area contributed by atoms with Crippen molar-refractivity contribution in [2.24, 2.45) is 11.7 Å². The minimum absolute atomic E-state index is 0.157. The van der Waals surface area contributed by atoms with Crippen LogP contribution in [0.3, 0.4) is 0 Å². The molecular weight excluding hydrogens is 266 g/mol. The fraction of sp³-hybridized carbons (Fsp3) is 0.938. The van der Waals surface area contributed by atoms with E-state index < -0.39 is 0 Å². The summed E-state index contributed by atoms with van der Waals surface area (Å²) >= 11 is 0. The summed E-state index contributed by atoms with van der Waals surface area (Å²) < 4.78 is 5.57. The lowest BCUT2D eigenvalue weighted by atomic mass is 9.94. The molecule has 0 aromatic heterocycles. The average Bonchev–Trinajstić information content (AvgIpc) is 2.54. The van der Waals surface area contributed by atoms with E-state index in [4.69, 9.17) is 10.5 Å². The van der Waals surface area contributed by atoms with E-state index in [1.54, 1.807) is 7.11 Å². The van der Waals surface area contributed by atoms with Crippen molar-refractivity contribution in [1.82, 2.24) is 9.80 Å². The molecule has 122 valence electrons. The Kier molecular flexibility index (Phi) is 6.45. The van der Waals surface area contributed by atoms with Gasteiger partial charge in [0.1, 0.15) is 0 Å². The largest absolute Gasteiger partial charge is 0.380 e. The number of rotatable bonds is 5. The third-order valence-electron chi connectivity index (χ3n) is 5.13. The molecule has 2 aliphatic heterocycles. The Balaban J connectivity index is 1.88. The van der Waals surface area contributed by atoms with Crippen molar-refractivity contribution < 1.29 is 9.53 Å². The summed E-state index contributed by atoms with van der Waals surface area (Å²) in [5.74, 6) is 0.861.